The van der Waals surface area contributed by atoms with Crippen molar-refractivity contribution in [2.24, 2.45) is 11.7 Å². The van der Waals surface area contributed by atoms with Crippen LogP contribution in [-0.2, 0) is 11.2 Å². The maximum absolute atomic E-state index is 11.6. The highest BCUT2D eigenvalue weighted by Gasteiger charge is 2.09. The van der Waals surface area contributed by atoms with Gasteiger partial charge < -0.3 is 15.6 Å². The zero-order valence-corrected chi connectivity index (χ0v) is 10.9. The van der Waals surface area contributed by atoms with Crippen LogP contribution in [0, 0.1) is 5.92 Å². The number of carbonyl (C=O) groups is 1. The summed E-state index contributed by atoms with van der Waals surface area (Å²) in [7, 11) is 0. The molecule has 0 aliphatic carbocycles. The number of carbonyl (C=O) groups excluding carboxylic acids is 1. The van der Waals surface area contributed by atoms with Crippen LogP contribution in [0.5, 0.6) is 0 Å². The number of nitrogens with zero attached hydrogens (tertiary/aromatic N) is 2. The third-order valence-electron chi connectivity index (χ3n) is 3.01. The standard InChI is InChI=1S/C12H22N4O2/c1-2-10(5-7-13)3-4-12(17)14-8-6-11-15-9-18-16-11/h9-10H,2-8,13H2,1H3,(H,14,17). The van der Waals surface area contributed by atoms with Gasteiger partial charge in [0, 0.05) is 19.4 Å². The van der Waals surface area contributed by atoms with E-state index in [0.717, 1.165) is 19.3 Å². The largest absolute Gasteiger partial charge is 0.356 e. The smallest absolute Gasteiger partial charge is 0.220 e. The summed E-state index contributed by atoms with van der Waals surface area (Å²) in [5.41, 5.74) is 5.52. The lowest BCUT2D eigenvalue weighted by Crippen LogP contribution is -2.26. The van der Waals surface area contributed by atoms with Crippen LogP contribution in [0.3, 0.4) is 0 Å². The highest BCUT2D eigenvalue weighted by atomic mass is 16.5. The van der Waals surface area contributed by atoms with E-state index in [2.05, 4.69) is 26.9 Å². The Morgan fingerprint density at radius 2 is 2.39 bits per heavy atom. The molecule has 1 heterocycles. The third kappa shape index (κ3) is 5.77. The fraction of sp³-hybridized carbons (Fsp3) is 0.750. The molecule has 0 spiro atoms. The summed E-state index contributed by atoms with van der Waals surface area (Å²) in [4.78, 5) is 15.5. The molecule has 1 atom stereocenters. The number of nitrogens with two attached hydrogens (primary N) is 1. The van der Waals surface area contributed by atoms with E-state index in [9.17, 15) is 4.79 Å². The minimum absolute atomic E-state index is 0.0777. The summed E-state index contributed by atoms with van der Waals surface area (Å²) in [6.07, 6.45) is 5.42. The Kier molecular flexibility index (Phi) is 7.01. The van der Waals surface area contributed by atoms with Crippen LogP contribution in [-0.4, -0.2) is 29.1 Å². The van der Waals surface area contributed by atoms with E-state index in [4.69, 9.17) is 5.73 Å². The second-order valence-corrected chi connectivity index (χ2v) is 4.34. The van der Waals surface area contributed by atoms with E-state index in [-0.39, 0.29) is 5.91 Å². The van der Waals surface area contributed by atoms with Gasteiger partial charge in [-0.3, -0.25) is 4.79 Å². The SMILES string of the molecule is CCC(CCN)CCC(=O)NCCc1ncon1. The minimum Gasteiger partial charge on any atom is -0.356 e. The number of nitrogens with one attached hydrogen (secondary N) is 1. The van der Waals surface area contributed by atoms with Crippen molar-refractivity contribution in [3.63, 3.8) is 0 Å². The molecule has 0 bridgehead atoms. The zero-order chi connectivity index (χ0) is 13.2. The zero-order valence-electron chi connectivity index (χ0n) is 10.9. The third-order valence-corrected chi connectivity index (χ3v) is 3.01. The van der Waals surface area contributed by atoms with Gasteiger partial charge in [0.05, 0.1) is 0 Å². The summed E-state index contributed by atoms with van der Waals surface area (Å²) in [5, 5.41) is 6.52. The van der Waals surface area contributed by atoms with Gasteiger partial charge in [-0.15, -0.1) is 0 Å². The fourth-order valence-corrected chi connectivity index (χ4v) is 1.83. The van der Waals surface area contributed by atoms with Crippen LogP contribution in [0.2, 0.25) is 0 Å². The Bertz CT molecular complexity index is 327. The number of rotatable bonds is 9. The van der Waals surface area contributed by atoms with Gasteiger partial charge >= 0.3 is 0 Å². The van der Waals surface area contributed by atoms with E-state index >= 15 is 0 Å². The van der Waals surface area contributed by atoms with Crippen LogP contribution in [0.1, 0.15) is 38.4 Å². The number of amides is 1. The van der Waals surface area contributed by atoms with Crippen LogP contribution in [0.25, 0.3) is 0 Å². The van der Waals surface area contributed by atoms with Crippen LogP contribution < -0.4 is 11.1 Å². The first kappa shape index (κ1) is 14.6. The molecule has 0 radical (unpaired) electrons. The molecule has 1 unspecified atom stereocenters. The van der Waals surface area contributed by atoms with Gasteiger partial charge in [0.25, 0.3) is 0 Å². The second-order valence-electron chi connectivity index (χ2n) is 4.34. The maximum Gasteiger partial charge on any atom is 0.220 e. The van der Waals surface area contributed by atoms with Crippen molar-refractivity contribution in [2.45, 2.75) is 39.0 Å². The van der Waals surface area contributed by atoms with Gasteiger partial charge in [-0.25, -0.2) is 0 Å². The molecular weight excluding hydrogens is 232 g/mol. The van der Waals surface area contributed by atoms with Crippen LogP contribution >= 0.6 is 0 Å². The first-order valence-corrected chi connectivity index (χ1v) is 6.48. The van der Waals surface area contributed by atoms with E-state index < -0.39 is 0 Å². The van der Waals surface area contributed by atoms with E-state index in [0.29, 0.717) is 37.7 Å². The maximum atomic E-state index is 11.6. The van der Waals surface area contributed by atoms with Crippen molar-refractivity contribution in [2.75, 3.05) is 13.1 Å². The van der Waals surface area contributed by atoms with E-state index in [1.54, 1.807) is 0 Å². The van der Waals surface area contributed by atoms with Crippen molar-refractivity contribution < 1.29 is 9.32 Å². The fourth-order valence-electron chi connectivity index (χ4n) is 1.83. The van der Waals surface area contributed by atoms with Gasteiger partial charge in [-0.2, -0.15) is 4.98 Å². The molecule has 1 aromatic heterocycles. The lowest BCUT2D eigenvalue weighted by atomic mass is 9.96. The molecule has 6 nitrogen and oxygen atoms in total. The molecule has 0 saturated carbocycles. The monoisotopic (exact) mass is 254 g/mol. The minimum atomic E-state index is 0.0777. The average molecular weight is 254 g/mol. The molecule has 6 heteroatoms. The highest BCUT2D eigenvalue weighted by Crippen LogP contribution is 2.14. The lowest BCUT2D eigenvalue weighted by Gasteiger charge is -2.12. The molecule has 1 aromatic rings. The second kappa shape index (κ2) is 8.63. The van der Waals surface area contributed by atoms with Gasteiger partial charge in [0.2, 0.25) is 12.3 Å². The summed E-state index contributed by atoms with van der Waals surface area (Å²) in [6, 6.07) is 0. The topological polar surface area (TPSA) is 94.0 Å². The summed E-state index contributed by atoms with van der Waals surface area (Å²) < 4.78 is 4.61. The van der Waals surface area contributed by atoms with Gasteiger partial charge in [0.15, 0.2) is 5.82 Å². The van der Waals surface area contributed by atoms with Gasteiger partial charge in [-0.1, -0.05) is 18.5 Å². The quantitative estimate of drug-likeness (QED) is 0.682. The number of hydrogen-bond donors (Lipinski definition) is 2. The average Bonchev–Trinajstić information content (AvgIpc) is 2.87. The first-order valence-electron chi connectivity index (χ1n) is 6.48. The van der Waals surface area contributed by atoms with Crippen LogP contribution in [0.15, 0.2) is 10.9 Å². The molecule has 3 N–H and O–H groups in total. The molecule has 0 saturated heterocycles. The van der Waals surface area contributed by atoms with Crippen molar-refractivity contribution in [1.82, 2.24) is 15.5 Å². The summed E-state index contributed by atoms with van der Waals surface area (Å²) in [5.74, 6) is 1.25. The lowest BCUT2D eigenvalue weighted by molar-refractivity contribution is -0.121. The van der Waals surface area contributed by atoms with Gasteiger partial charge in [-0.05, 0) is 25.3 Å². The molecular formula is C12H22N4O2. The van der Waals surface area contributed by atoms with Gasteiger partial charge in [0.1, 0.15) is 0 Å². The Morgan fingerprint density at radius 3 is 3.00 bits per heavy atom. The predicted octanol–water partition coefficient (Wildman–Crippen LogP) is 0.883. The van der Waals surface area contributed by atoms with E-state index in [1.165, 1.54) is 6.39 Å². The van der Waals surface area contributed by atoms with Crippen molar-refractivity contribution in [3.8, 4) is 0 Å². The van der Waals surface area contributed by atoms with Crippen LogP contribution in [0.4, 0.5) is 0 Å². The summed E-state index contributed by atoms with van der Waals surface area (Å²) >= 11 is 0. The Labute approximate surface area is 107 Å². The molecule has 1 rings (SSSR count). The highest BCUT2D eigenvalue weighted by molar-refractivity contribution is 5.75. The summed E-state index contributed by atoms with van der Waals surface area (Å²) in [6.45, 7) is 3.37. The predicted molar refractivity (Wildman–Crippen MR) is 67.7 cm³/mol. The molecule has 18 heavy (non-hydrogen) atoms. The molecule has 0 aromatic carbocycles. The number of hydrogen-bond acceptors (Lipinski definition) is 5. The van der Waals surface area contributed by atoms with Crippen molar-refractivity contribution in [1.29, 1.82) is 0 Å². The molecule has 0 aliphatic rings. The Hall–Kier alpha value is -1.43. The molecule has 0 fully saturated rings. The molecule has 0 aliphatic heterocycles. The Morgan fingerprint density at radius 1 is 1.56 bits per heavy atom. The molecule has 1 amide bonds. The normalized spacial score (nSPS) is 12.3. The van der Waals surface area contributed by atoms with Crippen molar-refractivity contribution in [3.05, 3.63) is 12.2 Å². The Balaban J connectivity index is 2.09. The molecule has 102 valence electrons. The van der Waals surface area contributed by atoms with E-state index in [1.807, 2.05) is 0 Å². The first-order chi connectivity index (χ1) is 8.76. The van der Waals surface area contributed by atoms with Crippen molar-refractivity contribution >= 4 is 5.91 Å². The number of aromatic nitrogens is 2.